The first-order chi connectivity index (χ1) is 34.2. The fraction of sp³-hybridized carbons (Fsp3) is 0.407. The number of ether oxygens (including phenoxy) is 2. The van der Waals surface area contributed by atoms with Crippen molar-refractivity contribution < 1.29 is 56.5 Å². The maximum atomic E-state index is 12.4. The highest BCUT2D eigenvalue weighted by molar-refractivity contribution is 5.99. The number of benzene rings is 4. The standard InChI is InChI=1S/C16H22N2O4.C16H20N2O4.C11H13NO2.C11H11NO2.2ClH.2H3N/c2*1-5-10(18-15(20)22-16(2,3)4)13(19)14-17-11-8-6-7-9-12(11)21-14;2*1-2-5-9(13)11-12-8-6-3-4-7-10(8)14-11;;;;/h6-10,13,19H,5H2,1-4H3,(H,18,20);6-10H,5H2,1-4H3,(H,18,20);3-4,6-7,9,13H,2,5H2,1H3;3-4,6-7H,2,5H2,1H3;2*1H;2*1H3. The molecule has 0 spiro atoms. The predicted octanol–water partition coefficient (Wildman–Crippen LogP) is 13.1. The lowest BCUT2D eigenvalue weighted by Gasteiger charge is -2.24. The number of oxazole rings is 4. The van der Waals surface area contributed by atoms with Crippen LogP contribution in [-0.4, -0.2) is 77.2 Å². The molecular weight excluding hydrogens is 1020 g/mol. The molecule has 0 fully saturated rings. The third-order valence-corrected chi connectivity index (χ3v) is 10.2. The van der Waals surface area contributed by atoms with Gasteiger partial charge in [0.1, 0.15) is 45.4 Å². The van der Waals surface area contributed by atoms with Crippen LogP contribution in [0.4, 0.5) is 9.59 Å². The second-order valence-electron chi connectivity index (χ2n) is 18.6. The molecule has 0 saturated heterocycles. The van der Waals surface area contributed by atoms with Gasteiger partial charge in [-0.25, -0.2) is 29.5 Å². The van der Waals surface area contributed by atoms with Crippen molar-refractivity contribution >= 4 is 93.0 Å². The molecule has 4 heterocycles. The SMILES string of the molecule is CCC(NC(=O)OC(C)(C)C)C(=O)c1nc2ccccc2o1.CCC(NC(=O)OC(C)(C)C)C(O)c1nc2ccccc2o1.CCCC(=O)c1nc2ccccc2o1.CCCC(O)c1nc2ccccc2o1.Cl.Cl.N.N. The Hall–Kier alpha value is -6.94. The first-order valence-corrected chi connectivity index (χ1v) is 24.1. The minimum atomic E-state index is -1.04. The topological polar surface area (TPSA) is 325 Å². The normalized spacial score (nSPS) is 12.4. The summed E-state index contributed by atoms with van der Waals surface area (Å²) in [5.41, 5.74) is 4.16. The minimum absolute atomic E-state index is 0. The molecule has 10 N–H and O–H groups in total. The molecule has 416 valence electrons. The monoisotopic (exact) mass is 1100 g/mol. The summed E-state index contributed by atoms with van der Waals surface area (Å²) < 4.78 is 32.1. The maximum absolute atomic E-state index is 12.4. The molecule has 22 heteroatoms. The van der Waals surface area contributed by atoms with E-state index in [1.165, 1.54) is 0 Å². The number of ketones is 2. The van der Waals surface area contributed by atoms with Gasteiger partial charge in [-0.15, -0.1) is 24.8 Å². The van der Waals surface area contributed by atoms with Crippen molar-refractivity contribution in [1.82, 2.24) is 42.9 Å². The fourth-order valence-corrected chi connectivity index (χ4v) is 6.74. The lowest BCUT2D eigenvalue weighted by Crippen LogP contribution is -2.43. The Morgan fingerprint density at radius 1 is 0.539 bits per heavy atom. The van der Waals surface area contributed by atoms with Gasteiger partial charge in [0.2, 0.25) is 23.3 Å². The number of rotatable bonds is 14. The molecule has 4 atom stereocenters. The van der Waals surface area contributed by atoms with Gasteiger partial charge in [-0.2, -0.15) is 0 Å². The molecule has 4 aromatic heterocycles. The molecule has 0 radical (unpaired) electrons. The Balaban J connectivity index is 0.000000508. The molecule has 8 aromatic rings. The number of para-hydroxylation sites is 8. The van der Waals surface area contributed by atoms with Crippen molar-refractivity contribution in [3.63, 3.8) is 0 Å². The zero-order valence-electron chi connectivity index (χ0n) is 44.8. The van der Waals surface area contributed by atoms with E-state index in [1.807, 2.05) is 87.5 Å². The van der Waals surface area contributed by atoms with Crippen LogP contribution in [0.25, 0.3) is 44.4 Å². The van der Waals surface area contributed by atoms with E-state index in [1.54, 1.807) is 78.8 Å². The van der Waals surface area contributed by atoms with Crippen molar-refractivity contribution in [2.45, 2.75) is 143 Å². The largest absolute Gasteiger partial charge is 0.444 e. The van der Waals surface area contributed by atoms with Crippen molar-refractivity contribution in [3.05, 3.63) is 121 Å². The molecule has 76 heavy (non-hydrogen) atoms. The summed E-state index contributed by atoms with van der Waals surface area (Å²) in [5.74, 6) is 0.433. The highest BCUT2D eigenvalue weighted by atomic mass is 35.5. The summed E-state index contributed by atoms with van der Waals surface area (Å²) >= 11 is 0. The summed E-state index contributed by atoms with van der Waals surface area (Å²) in [5, 5.41) is 25.3. The molecule has 20 nitrogen and oxygen atoms in total. The quantitative estimate of drug-likeness (QED) is 0.0551. The highest BCUT2D eigenvalue weighted by Gasteiger charge is 2.29. The molecule has 8 rings (SSSR count). The maximum Gasteiger partial charge on any atom is 0.408 e. The number of alkyl carbamates (subject to hydrolysis) is 2. The molecule has 0 bridgehead atoms. The number of halogens is 2. The van der Waals surface area contributed by atoms with Gasteiger partial charge in [0.25, 0.3) is 11.8 Å². The molecular formula is C54H74Cl2N8O12. The zero-order valence-corrected chi connectivity index (χ0v) is 46.4. The van der Waals surface area contributed by atoms with E-state index in [-0.39, 0.29) is 66.4 Å². The van der Waals surface area contributed by atoms with Crippen molar-refractivity contribution in [3.8, 4) is 0 Å². The summed E-state index contributed by atoms with van der Waals surface area (Å²) in [4.78, 5) is 64.3. The van der Waals surface area contributed by atoms with Crippen LogP contribution >= 0.6 is 24.8 Å². The summed E-state index contributed by atoms with van der Waals surface area (Å²) in [7, 11) is 0. The number of carbonyl (C=O) groups excluding carboxylic acids is 4. The van der Waals surface area contributed by atoms with Crippen LogP contribution in [0.15, 0.2) is 115 Å². The van der Waals surface area contributed by atoms with Crippen LogP contribution in [0, 0.1) is 0 Å². The number of amides is 2. The molecule has 0 aliphatic heterocycles. The number of aromatic nitrogens is 4. The van der Waals surface area contributed by atoms with Gasteiger partial charge in [-0.3, -0.25) is 9.59 Å². The zero-order chi connectivity index (χ0) is 52.6. The van der Waals surface area contributed by atoms with E-state index in [0.29, 0.717) is 59.4 Å². The van der Waals surface area contributed by atoms with E-state index < -0.39 is 47.7 Å². The van der Waals surface area contributed by atoms with Crippen LogP contribution < -0.4 is 22.9 Å². The Morgan fingerprint density at radius 3 is 1.34 bits per heavy atom. The van der Waals surface area contributed by atoms with Crippen LogP contribution in [0.3, 0.4) is 0 Å². The Kier molecular flexibility index (Phi) is 27.5. The second-order valence-corrected chi connectivity index (χ2v) is 18.6. The number of nitrogens with zero attached hydrogens (tertiary/aromatic N) is 4. The smallest absolute Gasteiger partial charge is 0.408 e. The summed E-state index contributed by atoms with van der Waals surface area (Å²) in [6.07, 6.45) is 1.02. The predicted molar refractivity (Wildman–Crippen MR) is 296 cm³/mol. The van der Waals surface area contributed by atoms with E-state index in [4.69, 9.17) is 27.1 Å². The van der Waals surface area contributed by atoms with Gasteiger partial charge in [0.15, 0.2) is 28.4 Å². The second kappa shape index (κ2) is 31.2. The molecule has 4 aromatic carbocycles. The lowest BCUT2D eigenvalue weighted by atomic mass is 10.1. The number of hydrogen-bond acceptors (Lipinski definition) is 18. The number of aliphatic hydroxyl groups is 2. The van der Waals surface area contributed by atoms with Gasteiger partial charge in [-0.05, 0) is 116 Å². The number of aliphatic hydroxyl groups excluding tert-OH is 2. The number of Topliss-reactive ketones (excluding diaryl/α,β-unsaturated/α-hetero) is 2. The fourth-order valence-electron chi connectivity index (χ4n) is 6.74. The Bertz CT molecular complexity index is 2900. The molecule has 2 amide bonds. The van der Waals surface area contributed by atoms with Crippen molar-refractivity contribution in [2.75, 3.05) is 0 Å². The summed E-state index contributed by atoms with van der Waals surface area (Å²) in [6.45, 7) is 18.3. The average molecular weight is 1100 g/mol. The first kappa shape index (κ1) is 67.1. The Morgan fingerprint density at radius 2 is 0.934 bits per heavy atom. The number of fused-ring (bicyclic) bond motifs is 4. The first-order valence-electron chi connectivity index (χ1n) is 24.1. The molecule has 0 saturated carbocycles. The van der Waals surface area contributed by atoms with Crippen molar-refractivity contribution in [2.24, 2.45) is 0 Å². The van der Waals surface area contributed by atoms with Crippen LogP contribution in [0.2, 0.25) is 0 Å². The minimum Gasteiger partial charge on any atom is -0.444 e. The highest BCUT2D eigenvalue weighted by Crippen LogP contribution is 2.25. The van der Waals surface area contributed by atoms with Crippen LogP contribution in [-0.2, 0) is 9.47 Å². The molecule has 4 unspecified atom stereocenters. The van der Waals surface area contributed by atoms with Crippen molar-refractivity contribution in [1.29, 1.82) is 0 Å². The van der Waals surface area contributed by atoms with E-state index in [2.05, 4.69) is 30.6 Å². The van der Waals surface area contributed by atoms with E-state index in [9.17, 15) is 29.4 Å². The average Bonchev–Trinajstić information content (AvgIpc) is 4.16. The van der Waals surface area contributed by atoms with Crippen LogP contribution in [0.1, 0.15) is 153 Å². The van der Waals surface area contributed by atoms with E-state index >= 15 is 0 Å². The van der Waals surface area contributed by atoms with E-state index in [0.717, 1.165) is 29.5 Å². The van der Waals surface area contributed by atoms with Gasteiger partial charge in [-0.1, -0.05) is 82.6 Å². The Labute approximate surface area is 454 Å². The van der Waals surface area contributed by atoms with Gasteiger partial charge in [0, 0.05) is 6.42 Å². The van der Waals surface area contributed by atoms with Gasteiger partial charge >= 0.3 is 12.2 Å². The third kappa shape index (κ3) is 20.0. The van der Waals surface area contributed by atoms with Crippen LogP contribution in [0.5, 0.6) is 0 Å². The van der Waals surface area contributed by atoms with Gasteiger partial charge in [0.05, 0.1) is 6.04 Å². The summed E-state index contributed by atoms with van der Waals surface area (Å²) in [6, 6.07) is 28.0. The molecule has 0 aliphatic carbocycles. The lowest BCUT2D eigenvalue weighted by molar-refractivity contribution is 0.0386. The third-order valence-electron chi connectivity index (χ3n) is 10.2. The number of hydrogen-bond donors (Lipinski definition) is 6. The molecule has 0 aliphatic rings. The number of carbonyl (C=O) groups is 4. The number of nitrogens with one attached hydrogen (secondary N) is 2. The van der Waals surface area contributed by atoms with Gasteiger partial charge < -0.3 is 60.3 Å².